The first-order valence-electron chi connectivity index (χ1n) is 4.83. The number of hydrogen-bond donors (Lipinski definition) is 0. The number of fused-ring (bicyclic) bond motifs is 1. The molecule has 0 saturated heterocycles. The Hall–Kier alpha value is -2.70. The highest BCUT2D eigenvalue weighted by Crippen LogP contribution is 2.20. The Morgan fingerprint density at radius 2 is 2.11 bits per heavy atom. The highest BCUT2D eigenvalue weighted by atomic mass is 16.6. The molecule has 2 rings (SSSR count). The van der Waals surface area contributed by atoms with Crippen LogP contribution < -0.4 is 5.63 Å². The van der Waals surface area contributed by atoms with Crippen LogP contribution >= 0.6 is 0 Å². The lowest BCUT2D eigenvalue weighted by Gasteiger charge is -2.00. The lowest BCUT2D eigenvalue weighted by Crippen LogP contribution is -2.14. The highest BCUT2D eigenvalue weighted by Gasteiger charge is 2.15. The van der Waals surface area contributed by atoms with Crippen LogP contribution in [0.5, 0.6) is 0 Å². The third kappa shape index (κ3) is 1.93. The molecule has 0 atom stereocenters. The van der Waals surface area contributed by atoms with Crippen molar-refractivity contribution in [1.82, 2.24) is 0 Å². The van der Waals surface area contributed by atoms with Gasteiger partial charge in [-0.1, -0.05) is 0 Å². The summed E-state index contributed by atoms with van der Waals surface area (Å²) in [7, 11) is 1.14. The van der Waals surface area contributed by atoms with Crippen LogP contribution in [0.4, 0.5) is 5.69 Å². The number of nitro benzene ring substituents is 1. The van der Waals surface area contributed by atoms with E-state index in [4.69, 9.17) is 4.42 Å². The fourth-order valence-corrected chi connectivity index (χ4v) is 1.47. The van der Waals surface area contributed by atoms with Crippen LogP contribution in [0.15, 0.2) is 33.5 Å². The van der Waals surface area contributed by atoms with E-state index >= 15 is 0 Å². The summed E-state index contributed by atoms with van der Waals surface area (Å²) < 4.78 is 9.27. The Labute approximate surface area is 99.7 Å². The number of non-ortho nitro benzene ring substituents is 1. The number of ether oxygens (including phenoxy) is 1. The second kappa shape index (κ2) is 4.28. The van der Waals surface area contributed by atoms with Crippen LogP contribution in [0.25, 0.3) is 11.0 Å². The van der Waals surface area contributed by atoms with E-state index in [1.54, 1.807) is 0 Å². The van der Waals surface area contributed by atoms with Gasteiger partial charge in [-0.05, 0) is 12.1 Å². The number of nitrogens with zero attached hydrogens (tertiary/aromatic N) is 1. The molecule has 7 heteroatoms. The number of carbonyl (C=O) groups is 1. The number of rotatable bonds is 2. The van der Waals surface area contributed by atoms with Crippen molar-refractivity contribution in [2.75, 3.05) is 7.11 Å². The van der Waals surface area contributed by atoms with Gasteiger partial charge in [-0.15, -0.1) is 0 Å². The second-order valence-corrected chi connectivity index (χ2v) is 3.42. The van der Waals surface area contributed by atoms with Crippen molar-refractivity contribution in [2.24, 2.45) is 0 Å². The normalized spacial score (nSPS) is 10.3. The van der Waals surface area contributed by atoms with E-state index in [-0.39, 0.29) is 16.8 Å². The van der Waals surface area contributed by atoms with Gasteiger partial charge in [0.05, 0.1) is 18.1 Å². The lowest BCUT2D eigenvalue weighted by molar-refractivity contribution is -0.384. The number of carbonyl (C=O) groups excluding carboxylic acids is 1. The molecule has 0 N–H and O–H groups in total. The Bertz CT molecular complexity index is 702. The predicted octanol–water partition coefficient (Wildman–Crippen LogP) is 1.49. The van der Waals surface area contributed by atoms with E-state index in [9.17, 15) is 19.7 Å². The summed E-state index contributed by atoms with van der Waals surface area (Å²) in [5.41, 5.74) is -1.30. The molecule has 1 aromatic heterocycles. The molecule has 0 aliphatic carbocycles. The molecule has 0 aliphatic rings. The van der Waals surface area contributed by atoms with E-state index in [2.05, 4.69) is 4.74 Å². The number of hydrogen-bond acceptors (Lipinski definition) is 6. The molecular formula is C11H7NO6. The average molecular weight is 249 g/mol. The fourth-order valence-electron chi connectivity index (χ4n) is 1.47. The Balaban J connectivity index is 2.68. The Kier molecular flexibility index (Phi) is 2.80. The van der Waals surface area contributed by atoms with Gasteiger partial charge in [0.15, 0.2) is 0 Å². The molecule has 0 radical (unpaired) electrons. The standard InChI is InChI=1S/C11H7NO6/c1-17-10(13)8-4-6-2-3-7(12(15)16)5-9(6)18-11(8)14/h2-5H,1H3. The molecule has 18 heavy (non-hydrogen) atoms. The molecule has 0 saturated carbocycles. The van der Waals surface area contributed by atoms with Crippen molar-refractivity contribution < 1.29 is 18.9 Å². The van der Waals surface area contributed by atoms with Gasteiger partial charge < -0.3 is 9.15 Å². The number of nitro groups is 1. The largest absolute Gasteiger partial charge is 0.465 e. The summed E-state index contributed by atoms with van der Waals surface area (Å²) in [5, 5.41) is 11.0. The smallest absolute Gasteiger partial charge is 0.351 e. The molecule has 0 bridgehead atoms. The Morgan fingerprint density at radius 1 is 1.39 bits per heavy atom. The minimum atomic E-state index is -0.894. The summed E-state index contributed by atoms with van der Waals surface area (Å²) >= 11 is 0. The van der Waals surface area contributed by atoms with Crippen LogP contribution in [0, 0.1) is 10.1 Å². The molecule has 0 unspecified atom stereocenters. The van der Waals surface area contributed by atoms with Crippen molar-refractivity contribution in [3.63, 3.8) is 0 Å². The third-order valence-corrected chi connectivity index (χ3v) is 2.34. The van der Waals surface area contributed by atoms with E-state index in [1.165, 1.54) is 18.2 Å². The fraction of sp³-hybridized carbons (Fsp3) is 0.0909. The van der Waals surface area contributed by atoms with Crippen molar-refractivity contribution >= 4 is 22.6 Å². The van der Waals surface area contributed by atoms with Crippen LogP contribution in [-0.2, 0) is 4.74 Å². The van der Waals surface area contributed by atoms with Crippen molar-refractivity contribution in [1.29, 1.82) is 0 Å². The molecule has 0 amide bonds. The molecule has 1 heterocycles. The van der Waals surface area contributed by atoms with Gasteiger partial charge in [0.2, 0.25) is 0 Å². The Morgan fingerprint density at radius 3 is 2.72 bits per heavy atom. The first kappa shape index (κ1) is 11.8. The third-order valence-electron chi connectivity index (χ3n) is 2.34. The maximum absolute atomic E-state index is 11.5. The van der Waals surface area contributed by atoms with Crippen LogP contribution in [-0.4, -0.2) is 18.0 Å². The minimum absolute atomic E-state index is 0.0434. The molecule has 0 fully saturated rings. The molecule has 0 spiro atoms. The maximum atomic E-state index is 11.5. The van der Waals surface area contributed by atoms with Crippen LogP contribution in [0.2, 0.25) is 0 Å². The quantitative estimate of drug-likeness (QED) is 0.346. The van der Waals surface area contributed by atoms with Gasteiger partial charge in [0, 0.05) is 11.5 Å². The van der Waals surface area contributed by atoms with Crippen molar-refractivity contribution in [2.45, 2.75) is 0 Å². The van der Waals surface area contributed by atoms with Gasteiger partial charge in [-0.2, -0.15) is 0 Å². The summed E-state index contributed by atoms with van der Waals surface area (Å²) in [5.74, 6) is -0.816. The second-order valence-electron chi connectivity index (χ2n) is 3.42. The molecule has 1 aromatic carbocycles. The van der Waals surface area contributed by atoms with Crippen LogP contribution in [0.3, 0.4) is 0 Å². The van der Waals surface area contributed by atoms with Crippen molar-refractivity contribution in [3.8, 4) is 0 Å². The zero-order valence-electron chi connectivity index (χ0n) is 9.21. The summed E-state index contributed by atoms with van der Waals surface area (Å²) in [6.07, 6.45) is 0. The number of benzene rings is 1. The zero-order valence-corrected chi connectivity index (χ0v) is 9.21. The van der Waals surface area contributed by atoms with Gasteiger partial charge >= 0.3 is 11.6 Å². The first-order chi connectivity index (χ1) is 8.52. The van der Waals surface area contributed by atoms with Crippen LogP contribution in [0.1, 0.15) is 10.4 Å². The monoisotopic (exact) mass is 249 g/mol. The number of esters is 1. The van der Waals surface area contributed by atoms with E-state index in [1.807, 2.05) is 0 Å². The van der Waals surface area contributed by atoms with Gasteiger partial charge in [-0.3, -0.25) is 10.1 Å². The van der Waals surface area contributed by atoms with Gasteiger partial charge in [-0.25, -0.2) is 9.59 Å². The minimum Gasteiger partial charge on any atom is -0.465 e. The SMILES string of the molecule is COC(=O)c1cc2ccc([N+](=O)[O-])cc2oc1=O. The van der Waals surface area contributed by atoms with E-state index in [0.717, 1.165) is 13.2 Å². The van der Waals surface area contributed by atoms with Gasteiger partial charge in [0.1, 0.15) is 11.1 Å². The van der Waals surface area contributed by atoms with Gasteiger partial charge in [0.25, 0.3) is 5.69 Å². The molecular weight excluding hydrogens is 242 g/mol. The molecule has 92 valence electrons. The number of methoxy groups -OCH3 is 1. The van der Waals surface area contributed by atoms with E-state index < -0.39 is 16.5 Å². The maximum Gasteiger partial charge on any atom is 0.351 e. The van der Waals surface area contributed by atoms with E-state index in [0.29, 0.717) is 5.39 Å². The molecule has 7 nitrogen and oxygen atoms in total. The zero-order chi connectivity index (χ0) is 13.3. The first-order valence-corrected chi connectivity index (χ1v) is 4.83. The summed E-state index contributed by atoms with van der Waals surface area (Å²) in [6, 6.07) is 5.04. The van der Waals surface area contributed by atoms with Crippen molar-refractivity contribution in [3.05, 3.63) is 50.4 Å². The topological polar surface area (TPSA) is 99.7 Å². The summed E-state index contributed by atoms with van der Waals surface area (Å²) in [4.78, 5) is 32.7. The average Bonchev–Trinajstić information content (AvgIpc) is 2.36. The molecule has 2 aromatic rings. The highest BCUT2D eigenvalue weighted by molar-refractivity contribution is 5.93. The lowest BCUT2D eigenvalue weighted by atomic mass is 10.2. The molecule has 0 aliphatic heterocycles. The predicted molar refractivity (Wildman–Crippen MR) is 60.5 cm³/mol. The summed E-state index contributed by atoms with van der Waals surface area (Å²) in [6.45, 7) is 0.